The van der Waals surface area contributed by atoms with Crippen LogP contribution >= 0.6 is 22.7 Å². The number of alkyl carbamates (subject to hydrolysis) is 2. The first-order valence-corrected chi connectivity index (χ1v) is 21.8. The number of hydrogen-bond donors (Lipinski definition) is 4. The van der Waals surface area contributed by atoms with Crippen LogP contribution in [0, 0.1) is 17.8 Å². The number of benzene rings is 2. The summed E-state index contributed by atoms with van der Waals surface area (Å²) in [5.41, 5.74) is 4.30. The SMILES string of the molecule is COC(=O)NC(C(=O)N1CCCC1c1ncc(C#Cc2cc3sc(-c4ccc(-c5cnc(C6CCCN6C(=O)C(NC(=O)OC)C(C)C)[nH]5)cc4)cc3s2)[nH]1)c1ccccc1. The zero-order valence-electron chi connectivity index (χ0n) is 34.2. The smallest absolute Gasteiger partial charge is 0.407 e. The van der Waals surface area contributed by atoms with Crippen LogP contribution in [0.2, 0.25) is 0 Å². The summed E-state index contributed by atoms with van der Waals surface area (Å²) in [7, 11) is 2.57. The normalized spacial score (nSPS) is 17.2. The molecule has 8 rings (SSSR count). The number of ether oxygens (including phenoxy) is 2. The number of nitrogens with zero attached hydrogens (tertiary/aromatic N) is 4. The number of fused-ring (bicyclic) bond motifs is 1. The summed E-state index contributed by atoms with van der Waals surface area (Å²) < 4.78 is 11.9. The van der Waals surface area contributed by atoms with E-state index in [9.17, 15) is 19.2 Å². The van der Waals surface area contributed by atoms with Crippen LogP contribution in [0.4, 0.5) is 9.59 Å². The van der Waals surface area contributed by atoms with Crippen molar-refractivity contribution in [2.24, 2.45) is 5.92 Å². The Balaban J connectivity index is 0.910. The molecule has 6 aromatic rings. The number of rotatable bonds is 10. The van der Waals surface area contributed by atoms with Crippen molar-refractivity contribution in [3.05, 3.63) is 107 Å². The summed E-state index contributed by atoms with van der Waals surface area (Å²) in [6.07, 6.45) is 5.40. The molecule has 0 radical (unpaired) electrons. The van der Waals surface area contributed by atoms with E-state index in [1.54, 1.807) is 33.8 Å². The second-order valence-electron chi connectivity index (χ2n) is 15.4. The highest BCUT2D eigenvalue weighted by Gasteiger charge is 2.38. The number of carbonyl (C=O) groups is 4. The molecule has 2 fully saturated rings. The average molecular weight is 859 g/mol. The van der Waals surface area contributed by atoms with Gasteiger partial charge in [0.1, 0.15) is 29.4 Å². The lowest BCUT2D eigenvalue weighted by atomic mass is 10.0. The van der Waals surface area contributed by atoms with Gasteiger partial charge in [-0.1, -0.05) is 68.4 Å². The molecule has 314 valence electrons. The van der Waals surface area contributed by atoms with Gasteiger partial charge in [0.15, 0.2) is 0 Å². The van der Waals surface area contributed by atoms with Gasteiger partial charge in [-0.2, -0.15) is 0 Å². The maximum Gasteiger partial charge on any atom is 0.407 e. The molecule has 0 saturated carbocycles. The summed E-state index contributed by atoms with van der Waals surface area (Å²) in [5.74, 6) is 7.43. The van der Waals surface area contributed by atoms with Crippen molar-refractivity contribution in [2.45, 2.75) is 63.7 Å². The Bertz CT molecular complexity index is 2570. The van der Waals surface area contributed by atoms with E-state index in [4.69, 9.17) is 9.47 Å². The molecule has 0 spiro atoms. The highest BCUT2D eigenvalue weighted by atomic mass is 32.1. The Morgan fingerprint density at radius 3 is 2.05 bits per heavy atom. The standard InChI is InChI=1S/C45H46N8O6S2/c1-26(2)38(50-44(56)58-3)42(54)52-20-9-13-34(52)41-47-25-32(49-41)27-14-16-28(17-15-27)35-23-37-36(61-35)22-31(60-37)19-18-30-24-46-40(48-30)33-12-8-21-53(33)43(55)39(51-45(57)59-4)29-10-6-5-7-11-29/h5-7,10-11,14-17,22-26,33-34,38-39H,8-9,12-13,20-21H2,1-4H3,(H,46,48)(H,47,49)(H,50,56)(H,51,57). The molecular formula is C45H46N8O6S2. The van der Waals surface area contributed by atoms with E-state index in [-0.39, 0.29) is 29.8 Å². The summed E-state index contributed by atoms with van der Waals surface area (Å²) in [5, 5.41) is 5.40. The van der Waals surface area contributed by atoms with Crippen molar-refractivity contribution in [2.75, 3.05) is 27.3 Å². The van der Waals surface area contributed by atoms with Crippen molar-refractivity contribution in [1.82, 2.24) is 40.4 Å². The van der Waals surface area contributed by atoms with Crippen molar-refractivity contribution < 1.29 is 28.7 Å². The van der Waals surface area contributed by atoms with Gasteiger partial charge in [0, 0.05) is 27.4 Å². The lowest BCUT2D eigenvalue weighted by molar-refractivity contribution is -0.135. The fourth-order valence-electron chi connectivity index (χ4n) is 7.99. The largest absolute Gasteiger partial charge is 0.453 e. The van der Waals surface area contributed by atoms with Crippen LogP contribution in [0.25, 0.3) is 31.1 Å². The van der Waals surface area contributed by atoms with Crippen LogP contribution < -0.4 is 10.6 Å². The predicted octanol–water partition coefficient (Wildman–Crippen LogP) is 7.95. The minimum Gasteiger partial charge on any atom is -0.453 e. The van der Waals surface area contributed by atoms with E-state index >= 15 is 0 Å². The summed E-state index contributed by atoms with van der Waals surface area (Å²) in [6.45, 7) is 4.95. The lowest BCUT2D eigenvalue weighted by Crippen LogP contribution is -2.51. The molecule has 2 aromatic carbocycles. The highest BCUT2D eigenvalue weighted by Crippen LogP contribution is 2.39. The van der Waals surface area contributed by atoms with Crippen molar-refractivity contribution in [3.8, 4) is 33.5 Å². The van der Waals surface area contributed by atoms with Gasteiger partial charge in [-0.25, -0.2) is 19.6 Å². The third-order valence-electron chi connectivity index (χ3n) is 11.1. The number of aromatic nitrogens is 4. The van der Waals surface area contributed by atoms with Crippen LogP contribution in [0.5, 0.6) is 0 Å². The van der Waals surface area contributed by atoms with Crippen LogP contribution in [-0.2, 0) is 19.1 Å². The molecule has 0 aliphatic carbocycles. The molecule has 0 bridgehead atoms. The van der Waals surface area contributed by atoms with Gasteiger partial charge in [0.05, 0.1) is 49.3 Å². The zero-order chi connectivity index (χ0) is 42.6. The van der Waals surface area contributed by atoms with Gasteiger partial charge in [-0.05, 0) is 72.3 Å². The number of carbonyl (C=O) groups excluding carboxylic acids is 4. The first-order valence-electron chi connectivity index (χ1n) is 20.2. The number of hydrogen-bond acceptors (Lipinski definition) is 10. The summed E-state index contributed by atoms with van der Waals surface area (Å²) in [6, 6.07) is 19.8. The Morgan fingerprint density at radius 1 is 0.754 bits per heavy atom. The number of H-pyrrole nitrogens is 2. The molecule has 4 amide bonds. The topological polar surface area (TPSA) is 175 Å². The maximum absolute atomic E-state index is 13.8. The molecule has 2 saturated heterocycles. The lowest BCUT2D eigenvalue weighted by Gasteiger charge is -2.30. The van der Waals surface area contributed by atoms with Crippen molar-refractivity contribution >= 4 is 56.1 Å². The third-order valence-corrected chi connectivity index (χ3v) is 13.4. The van der Waals surface area contributed by atoms with Gasteiger partial charge in [-0.3, -0.25) is 9.59 Å². The highest BCUT2D eigenvalue weighted by molar-refractivity contribution is 7.29. The van der Waals surface area contributed by atoms with E-state index < -0.39 is 24.3 Å². The maximum atomic E-state index is 13.8. The number of imidazole rings is 2. The van der Waals surface area contributed by atoms with E-state index in [0.717, 1.165) is 67.5 Å². The van der Waals surface area contributed by atoms with Crippen molar-refractivity contribution in [1.29, 1.82) is 0 Å². The molecule has 4 atom stereocenters. The average Bonchev–Trinajstić information content (AvgIpc) is 4.13. The zero-order valence-corrected chi connectivity index (χ0v) is 35.8. The number of thiophene rings is 2. The molecule has 61 heavy (non-hydrogen) atoms. The van der Waals surface area contributed by atoms with Gasteiger partial charge >= 0.3 is 12.2 Å². The first kappa shape index (κ1) is 41.3. The van der Waals surface area contributed by atoms with Crippen LogP contribution in [0.15, 0.2) is 79.1 Å². The molecule has 4 unspecified atom stereocenters. The second kappa shape index (κ2) is 18.0. The van der Waals surface area contributed by atoms with Crippen LogP contribution in [0.1, 0.15) is 85.4 Å². The minimum absolute atomic E-state index is 0.105. The fourth-order valence-corrected chi connectivity index (χ4v) is 10.2. The number of amides is 4. The summed E-state index contributed by atoms with van der Waals surface area (Å²) in [4.78, 5) is 73.3. The molecule has 2 aliphatic rings. The van der Waals surface area contributed by atoms with E-state index in [2.05, 4.69) is 78.8 Å². The van der Waals surface area contributed by atoms with Crippen molar-refractivity contribution in [3.63, 3.8) is 0 Å². The number of likely N-dealkylation sites (tertiary alicyclic amines) is 2. The fraction of sp³-hybridized carbons (Fsp3) is 0.333. The Kier molecular flexibility index (Phi) is 12.2. The monoisotopic (exact) mass is 858 g/mol. The second-order valence-corrected chi connectivity index (χ2v) is 17.5. The van der Waals surface area contributed by atoms with Gasteiger partial charge in [0.2, 0.25) is 5.91 Å². The molecule has 4 N–H and O–H groups in total. The van der Waals surface area contributed by atoms with Crippen LogP contribution in [-0.4, -0.2) is 87.1 Å². The van der Waals surface area contributed by atoms with Crippen LogP contribution in [0.3, 0.4) is 0 Å². The predicted molar refractivity (Wildman–Crippen MR) is 234 cm³/mol. The number of methoxy groups -OCH3 is 2. The Hall–Kier alpha value is -6.44. The van der Waals surface area contributed by atoms with E-state index in [1.165, 1.54) is 14.2 Å². The molecule has 4 aromatic heterocycles. The van der Waals surface area contributed by atoms with E-state index in [0.29, 0.717) is 30.2 Å². The molecule has 16 heteroatoms. The minimum atomic E-state index is -0.884. The Morgan fingerprint density at radius 2 is 1.38 bits per heavy atom. The quantitative estimate of drug-likeness (QED) is 0.100. The molecule has 2 aliphatic heterocycles. The van der Waals surface area contributed by atoms with Gasteiger partial charge in [-0.15, -0.1) is 22.7 Å². The molecular weight excluding hydrogens is 813 g/mol. The third kappa shape index (κ3) is 8.89. The molecule has 14 nitrogen and oxygen atoms in total. The van der Waals surface area contributed by atoms with Gasteiger partial charge in [0.25, 0.3) is 5.91 Å². The van der Waals surface area contributed by atoms with Gasteiger partial charge < -0.3 is 39.9 Å². The summed E-state index contributed by atoms with van der Waals surface area (Å²) >= 11 is 3.35. The van der Waals surface area contributed by atoms with E-state index in [1.807, 2.05) is 55.3 Å². The number of aromatic amines is 2. The Labute approximate surface area is 361 Å². The first-order chi connectivity index (χ1) is 29.6. The molecule has 6 heterocycles. The number of nitrogens with one attached hydrogen (secondary N) is 4.